The summed E-state index contributed by atoms with van der Waals surface area (Å²) in [5, 5.41) is 15.8. The van der Waals surface area contributed by atoms with E-state index in [1.54, 1.807) is 55.7 Å². The quantitative estimate of drug-likeness (QED) is 0.360. The third-order valence-electron chi connectivity index (χ3n) is 6.81. The molecular weight excluding hydrogens is 488 g/mol. The summed E-state index contributed by atoms with van der Waals surface area (Å²) < 4.78 is 16.2. The van der Waals surface area contributed by atoms with Crippen LogP contribution in [0.15, 0.2) is 41.0 Å². The maximum atomic E-state index is 13.7. The minimum Gasteiger partial charge on any atom is -0.493 e. The second-order valence-corrected chi connectivity index (χ2v) is 9.46. The van der Waals surface area contributed by atoms with Gasteiger partial charge in [-0.2, -0.15) is 4.80 Å². The van der Waals surface area contributed by atoms with Gasteiger partial charge in [0, 0.05) is 11.6 Å². The minimum absolute atomic E-state index is 0.122. The highest BCUT2D eigenvalue weighted by Crippen LogP contribution is 2.30. The Morgan fingerprint density at radius 3 is 2.66 bits per heavy atom. The molecule has 4 rings (SSSR count). The molecule has 0 saturated heterocycles. The van der Waals surface area contributed by atoms with Crippen LogP contribution in [-0.2, 0) is 22.7 Å². The zero-order valence-corrected chi connectivity index (χ0v) is 22.3. The van der Waals surface area contributed by atoms with Gasteiger partial charge >= 0.3 is 0 Å². The summed E-state index contributed by atoms with van der Waals surface area (Å²) in [6, 6.07) is 8.41. The number of hydrogen-bond donors (Lipinski definition) is 1. The maximum Gasteiger partial charge on any atom is 0.247 e. The Kier molecular flexibility index (Phi) is 9.34. The van der Waals surface area contributed by atoms with Crippen LogP contribution in [0.5, 0.6) is 11.5 Å². The van der Waals surface area contributed by atoms with Gasteiger partial charge in [-0.1, -0.05) is 32.6 Å². The van der Waals surface area contributed by atoms with Crippen molar-refractivity contribution in [1.82, 2.24) is 30.4 Å². The Bertz CT molecular complexity index is 1190. The summed E-state index contributed by atoms with van der Waals surface area (Å²) in [6.45, 7) is 2.08. The zero-order chi connectivity index (χ0) is 26.9. The molecule has 0 spiro atoms. The lowest BCUT2D eigenvalue weighted by atomic mass is 10.1. The van der Waals surface area contributed by atoms with Crippen molar-refractivity contribution in [2.45, 2.75) is 77.0 Å². The Morgan fingerprint density at radius 1 is 1.18 bits per heavy atom. The van der Waals surface area contributed by atoms with E-state index in [9.17, 15) is 9.59 Å². The highest BCUT2D eigenvalue weighted by Gasteiger charge is 2.32. The van der Waals surface area contributed by atoms with Gasteiger partial charge in [-0.05, 0) is 54.8 Å². The van der Waals surface area contributed by atoms with Crippen molar-refractivity contribution in [2.24, 2.45) is 0 Å². The first kappa shape index (κ1) is 27.2. The fourth-order valence-corrected chi connectivity index (χ4v) is 4.75. The predicted molar refractivity (Wildman–Crippen MR) is 139 cm³/mol. The molecule has 0 radical (unpaired) electrons. The van der Waals surface area contributed by atoms with E-state index in [4.69, 9.17) is 13.9 Å². The molecule has 11 heteroatoms. The molecule has 0 unspecified atom stereocenters. The van der Waals surface area contributed by atoms with Crippen LogP contribution in [0, 0.1) is 0 Å². The van der Waals surface area contributed by atoms with Crippen LogP contribution in [0.25, 0.3) is 11.4 Å². The number of furan rings is 1. The summed E-state index contributed by atoms with van der Waals surface area (Å²) >= 11 is 0. The molecule has 1 atom stereocenters. The zero-order valence-electron chi connectivity index (χ0n) is 22.3. The SMILES string of the molecule is CCCC[C@@H](C(=O)NC1CCCC1)N(Cc1ccco1)C(=O)Cn1nnc(-c2ccc(OC)c(OC)c2)n1. The molecule has 2 amide bonds. The molecule has 38 heavy (non-hydrogen) atoms. The molecule has 1 aliphatic rings. The first-order valence-corrected chi connectivity index (χ1v) is 13.1. The third kappa shape index (κ3) is 6.70. The van der Waals surface area contributed by atoms with Crippen LogP contribution >= 0.6 is 0 Å². The second-order valence-electron chi connectivity index (χ2n) is 9.46. The van der Waals surface area contributed by atoms with Crippen molar-refractivity contribution in [1.29, 1.82) is 0 Å². The van der Waals surface area contributed by atoms with Gasteiger partial charge in [-0.15, -0.1) is 10.2 Å². The summed E-state index contributed by atoms with van der Waals surface area (Å²) in [5.41, 5.74) is 0.672. The molecule has 204 valence electrons. The van der Waals surface area contributed by atoms with Crippen molar-refractivity contribution in [3.8, 4) is 22.9 Å². The molecule has 1 N–H and O–H groups in total. The number of methoxy groups -OCH3 is 2. The molecule has 0 aliphatic heterocycles. The number of nitrogens with zero attached hydrogens (tertiary/aromatic N) is 5. The van der Waals surface area contributed by atoms with Gasteiger partial charge in [-0.3, -0.25) is 9.59 Å². The largest absolute Gasteiger partial charge is 0.493 e. The van der Waals surface area contributed by atoms with Gasteiger partial charge in [0.2, 0.25) is 17.6 Å². The Morgan fingerprint density at radius 2 is 1.97 bits per heavy atom. The van der Waals surface area contributed by atoms with E-state index in [-0.39, 0.29) is 30.9 Å². The number of rotatable bonds is 13. The van der Waals surface area contributed by atoms with Gasteiger partial charge in [0.25, 0.3) is 0 Å². The van der Waals surface area contributed by atoms with E-state index >= 15 is 0 Å². The standard InChI is InChI=1S/C27H36N6O5/c1-4-5-12-22(27(35)28-20-9-6-7-10-20)32(17-21-11-8-15-38-21)25(34)18-33-30-26(29-31-33)19-13-14-23(36-2)24(16-19)37-3/h8,11,13-16,20,22H,4-7,9-10,12,17-18H2,1-3H3,(H,28,35)/t22-/m0/s1. The van der Waals surface area contributed by atoms with E-state index in [0.29, 0.717) is 35.1 Å². The van der Waals surface area contributed by atoms with Crippen LogP contribution in [-0.4, -0.2) is 63.2 Å². The number of unbranched alkanes of at least 4 members (excludes halogenated alkanes) is 1. The molecule has 2 heterocycles. The monoisotopic (exact) mass is 524 g/mol. The topological polar surface area (TPSA) is 125 Å². The van der Waals surface area contributed by atoms with Crippen LogP contribution in [0.1, 0.15) is 57.6 Å². The van der Waals surface area contributed by atoms with Crippen molar-refractivity contribution < 1.29 is 23.5 Å². The number of aromatic nitrogens is 4. The highest BCUT2D eigenvalue weighted by atomic mass is 16.5. The average molecular weight is 525 g/mol. The fraction of sp³-hybridized carbons (Fsp3) is 0.519. The first-order valence-electron chi connectivity index (χ1n) is 13.1. The van der Waals surface area contributed by atoms with Crippen LogP contribution in [0.2, 0.25) is 0 Å². The first-order chi connectivity index (χ1) is 18.5. The van der Waals surface area contributed by atoms with Crippen LogP contribution < -0.4 is 14.8 Å². The summed E-state index contributed by atoms with van der Waals surface area (Å²) in [4.78, 5) is 29.9. The second kappa shape index (κ2) is 13.1. The number of carbonyl (C=O) groups is 2. The maximum absolute atomic E-state index is 13.7. The molecule has 1 saturated carbocycles. The molecule has 1 aliphatic carbocycles. The molecule has 3 aromatic rings. The summed E-state index contributed by atoms with van der Waals surface area (Å²) in [5.74, 6) is 1.66. The number of amides is 2. The number of nitrogens with one attached hydrogen (secondary N) is 1. The third-order valence-corrected chi connectivity index (χ3v) is 6.81. The van der Waals surface area contributed by atoms with Crippen molar-refractivity contribution in [3.63, 3.8) is 0 Å². The van der Waals surface area contributed by atoms with Gasteiger partial charge in [0.15, 0.2) is 11.5 Å². The van der Waals surface area contributed by atoms with Crippen LogP contribution in [0.3, 0.4) is 0 Å². The Balaban J connectivity index is 1.54. The normalized spacial score (nSPS) is 14.3. The summed E-state index contributed by atoms with van der Waals surface area (Å²) in [7, 11) is 3.12. The number of carbonyl (C=O) groups excluding carboxylic acids is 2. The fourth-order valence-electron chi connectivity index (χ4n) is 4.75. The highest BCUT2D eigenvalue weighted by molar-refractivity contribution is 5.87. The molecular formula is C27H36N6O5. The molecule has 1 fully saturated rings. The predicted octanol–water partition coefficient (Wildman–Crippen LogP) is 3.60. The van der Waals surface area contributed by atoms with E-state index < -0.39 is 6.04 Å². The number of benzene rings is 1. The molecule has 2 aromatic heterocycles. The van der Waals surface area contributed by atoms with Crippen LogP contribution in [0.4, 0.5) is 0 Å². The molecule has 0 bridgehead atoms. The van der Waals surface area contributed by atoms with Gasteiger partial charge < -0.3 is 24.1 Å². The van der Waals surface area contributed by atoms with E-state index in [1.807, 2.05) is 0 Å². The van der Waals surface area contributed by atoms with E-state index in [2.05, 4.69) is 27.7 Å². The van der Waals surface area contributed by atoms with Crippen molar-refractivity contribution in [2.75, 3.05) is 14.2 Å². The van der Waals surface area contributed by atoms with E-state index in [0.717, 1.165) is 38.5 Å². The number of hydrogen-bond acceptors (Lipinski definition) is 8. The lowest BCUT2D eigenvalue weighted by molar-refractivity contribution is -0.143. The Hall–Kier alpha value is -3.89. The van der Waals surface area contributed by atoms with Gasteiger partial charge in [0.1, 0.15) is 18.3 Å². The lowest BCUT2D eigenvalue weighted by Crippen LogP contribution is -2.52. The lowest BCUT2D eigenvalue weighted by Gasteiger charge is -2.31. The molecule has 11 nitrogen and oxygen atoms in total. The van der Waals surface area contributed by atoms with E-state index in [1.165, 1.54) is 4.80 Å². The average Bonchev–Trinajstić information content (AvgIpc) is 3.71. The Labute approximate surface area is 222 Å². The van der Waals surface area contributed by atoms with Gasteiger partial charge in [0.05, 0.1) is 27.0 Å². The van der Waals surface area contributed by atoms with Crippen molar-refractivity contribution >= 4 is 11.8 Å². The van der Waals surface area contributed by atoms with Crippen molar-refractivity contribution in [3.05, 3.63) is 42.4 Å². The van der Waals surface area contributed by atoms with Gasteiger partial charge in [-0.25, -0.2) is 0 Å². The number of ether oxygens (including phenoxy) is 2. The smallest absolute Gasteiger partial charge is 0.247 e. The minimum atomic E-state index is -0.623. The summed E-state index contributed by atoms with van der Waals surface area (Å²) in [6.07, 6.45) is 8.01. The number of tetrazole rings is 1. The molecule has 1 aromatic carbocycles.